The van der Waals surface area contributed by atoms with E-state index in [9.17, 15) is 0 Å². The van der Waals surface area contributed by atoms with Crippen molar-refractivity contribution in [1.82, 2.24) is 0 Å². The van der Waals surface area contributed by atoms with Crippen molar-refractivity contribution in [2.45, 2.75) is 9.79 Å². The summed E-state index contributed by atoms with van der Waals surface area (Å²) < 4.78 is 0. The van der Waals surface area contributed by atoms with Crippen LogP contribution in [0.4, 0.5) is 0 Å². The number of hydrogen-bond donors (Lipinski definition) is 0. The Morgan fingerprint density at radius 2 is 1.17 bits per heavy atom. The summed E-state index contributed by atoms with van der Waals surface area (Å²) in [5.74, 6) is 0. The number of rotatable bonds is 2. The van der Waals surface area contributed by atoms with Crippen molar-refractivity contribution in [3.63, 3.8) is 0 Å². The molecular formula is C14H10N2S2. The van der Waals surface area contributed by atoms with Gasteiger partial charge in [0.15, 0.2) is 0 Å². The van der Waals surface area contributed by atoms with E-state index in [1.807, 2.05) is 12.5 Å². The van der Waals surface area contributed by atoms with Crippen LogP contribution in [0.3, 0.4) is 0 Å². The lowest BCUT2D eigenvalue weighted by Gasteiger charge is -2.08. The van der Waals surface area contributed by atoms with Gasteiger partial charge < -0.3 is 0 Å². The van der Waals surface area contributed by atoms with Crippen molar-refractivity contribution in [1.29, 1.82) is 10.5 Å². The highest BCUT2D eigenvalue weighted by Crippen LogP contribution is 2.33. The van der Waals surface area contributed by atoms with Crippen LogP contribution in [0.2, 0.25) is 0 Å². The second-order valence-corrected chi connectivity index (χ2v) is 5.37. The van der Waals surface area contributed by atoms with Crippen LogP contribution in [-0.2, 0) is 0 Å². The molecule has 0 aromatic heterocycles. The van der Waals surface area contributed by atoms with Gasteiger partial charge in [-0.05, 0) is 47.5 Å². The molecule has 0 aliphatic rings. The molecule has 4 heteroatoms. The van der Waals surface area contributed by atoms with Gasteiger partial charge in [0.2, 0.25) is 0 Å². The fourth-order valence-electron chi connectivity index (χ4n) is 1.81. The van der Waals surface area contributed by atoms with Crippen LogP contribution >= 0.6 is 23.5 Å². The molecule has 0 aliphatic carbocycles. The molecule has 2 rings (SSSR count). The molecule has 2 nitrogen and oxygen atoms in total. The van der Waals surface area contributed by atoms with Crippen LogP contribution in [0, 0.1) is 22.7 Å². The maximum Gasteiger partial charge on any atom is 0.101 e. The zero-order chi connectivity index (χ0) is 13.1. The SMILES string of the molecule is CSc1cc2cc(C#N)c(C#N)cc2cc1SC. The van der Waals surface area contributed by atoms with Crippen molar-refractivity contribution in [2.75, 3.05) is 12.5 Å². The molecule has 0 fully saturated rings. The topological polar surface area (TPSA) is 47.6 Å². The molecule has 0 spiro atoms. The van der Waals surface area contributed by atoms with Gasteiger partial charge in [-0.25, -0.2) is 0 Å². The van der Waals surface area contributed by atoms with Gasteiger partial charge in [0.25, 0.3) is 0 Å². The first-order valence-electron chi connectivity index (χ1n) is 5.23. The number of nitrogens with zero attached hydrogens (tertiary/aromatic N) is 2. The predicted molar refractivity (Wildman–Crippen MR) is 76.9 cm³/mol. The molecule has 0 unspecified atom stereocenters. The Balaban J connectivity index is 2.79. The maximum absolute atomic E-state index is 9.03. The van der Waals surface area contributed by atoms with Gasteiger partial charge in [-0.3, -0.25) is 0 Å². The number of thioether (sulfide) groups is 2. The van der Waals surface area contributed by atoms with E-state index in [-0.39, 0.29) is 0 Å². The molecule has 0 bridgehead atoms. The lowest BCUT2D eigenvalue weighted by Crippen LogP contribution is -1.87. The summed E-state index contributed by atoms with van der Waals surface area (Å²) in [5.41, 5.74) is 0.878. The Labute approximate surface area is 115 Å². The molecule has 0 aliphatic heterocycles. The van der Waals surface area contributed by atoms with E-state index in [0.29, 0.717) is 11.1 Å². The fourth-order valence-corrected chi connectivity index (χ4v) is 3.32. The zero-order valence-corrected chi connectivity index (χ0v) is 11.7. The molecule has 0 N–H and O–H groups in total. The van der Waals surface area contributed by atoms with Crippen molar-refractivity contribution in [3.05, 3.63) is 35.4 Å². The van der Waals surface area contributed by atoms with Crippen LogP contribution in [-0.4, -0.2) is 12.5 Å². The van der Waals surface area contributed by atoms with Crippen molar-refractivity contribution >= 4 is 34.3 Å². The molecule has 0 saturated heterocycles. The van der Waals surface area contributed by atoms with Crippen LogP contribution in [0.15, 0.2) is 34.1 Å². The lowest BCUT2D eigenvalue weighted by atomic mass is 10.0. The second kappa shape index (κ2) is 5.35. The summed E-state index contributed by atoms with van der Waals surface area (Å²) in [5, 5.41) is 20.1. The highest BCUT2D eigenvalue weighted by molar-refractivity contribution is 8.01. The van der Waals surface area contributed by atoms with Crippen LogP contribution in [0.5, 0.6) is 0 Å². The van der Waals surface area contributed by atoms with E-state index in [4.69, 9.17) is 10.5 Å². The molecule has 88 valence electrons. The van der Waals surface area contributed by atoms with E-state index in [1.54, 1.807) is 35.7 Å². The third kappa shape index (κ3) is 2.18. The number of nitriles is 2. The Morgan fingerprint density at radius 3 is 1.44 bits per heavy atom. The normalized spacial score (nSPS) is 10.0. The van der Waals surface area contributed by atoms with Crippen molar-refractivity contribution < 1.29 is 0 Å². The Bertz CT molecular complexity index is 633. The highest BCUT2D eigenvalue weighted by Gasteiger charge is 2.08. The molecule has 2 aromatic carbocycles. The number of hydrogen-bond acceptors (Lipinski definition) is 4. The van der Waals surface area contributed by atoms with Crippen LogP contribution < -0.4 is 0 Å². The first kappa shape index (κ1) is 12.8. The fraction of sp³-hybridized carbons (Fsp3) is 0.143. The number of benzene rings is 2. The van der Waals surface area contributed by atoms with Gasteiger partial charge in [0.1, 0.15) is 12.1 Å². The van der Waals surface area contributed by atoms with Gasteiger partial charge in [-0.2, -0.15) is 10.5 Å². The van der Waals surface area contributed by atoms with Gasteiger partial charge >= 0.3 is 0 Å². The van der Waals surface area contributed by atoms with Gasteiger partial charge in [-0.15, -0.1) is 23.5 Å². The first-order valence-corrected chi connectivity index (χ1v) is 7.68. The van der Waals surface area contributed by atoms with Crippen LogP contribution in [0.25, 0.3) is 10.8 Å². The summed E-state index contributed by atoms with van der Waals surface area (Å²) in [6.07, 6.45) is 4.07. The molecule has 0 saturated carbocycles. The van der Waals surface area contributed by atoms with Gasteiger partial charge in [0, 0.05) is 9.79 Å². The van der Waals surface area contributed by atoms with E-state index in [2.05, 4.69) is 24.3 Å². The monoisotopic (exact) mass is 270 g/mol. The molecule has 0 heterocycles. The summed E-state index contributed by atoms with van der Waals surface area (Å²) >= 11 is 3.38. The van der Waals surface area contributed by atoms with Gasteiger partial charge in [-0.1, -0.05) is 0 Å². The molecule has 0 atom stereocenters. The molecule has 0 amide bonds. The minimum absolute atomic E-state index is 0.439. The Hall–Kier alpha value is -1.62. The predicted octanol–water partition coefficient (Wildman–Crippen LogP) is 4.03. The first-order chi connectivity index (χ1) is 8.73. The molecular weight excluding hydrogens is 260 g/mol. The summed E-state index contributed by atoms with van der Waals surface area (Å²) in [6.45, 7) is 0. The molecule has 2 aromatic rings. The van der Waals surface area contributed by atoms with Gasteiger partial charge in [0.05, 0.1) is 11.1 Å². The third-order valence-electron chi connectivity index (χ3n) is 2.72. The third-order valence-corrected chi connectivity index (χ3v) is 4.40. The average molecular weight is 270 g/mol. The summed E-state index contributed by atoms with van der Waals surface area (Å²) in [4.78, 5) is 2.40. The summed E-state index contributed by atoms with van der Waals surface area (Å²) in [7, 11) is 0. The quantitative estimate of drug-likeness (QED) is 0.773. The smallest absolute Gasteiger partial charge is 0.101 e. The Kier molecular flexibility index (Phi) is 3.81. The summed E-state index contributed by atoms with van der Waals surface area (Å²) in [6, 6.07) is 11.9. The van der Waals surface area contributed by atoms with E-state index < -0.39 is 0 Å². The Morgan fingerprint density at radius 1 is 0.778 bits per heavy atom. The van der Waals surface area contributed by atoms with Crippen molar-refractivity contribution in [3.8, 4) is 12.1 Å². The highest BCUT2D eigenvalue weighted by atomic mass is 32.2. The second-order valence-electron chi connectivity index (χ2n) is 3.68. The van der Waals surface area contributed by atoms with Crippen LogP contribution in [0.1, 0.15) is 11.1 Å². The molecule has 0 radical (unpaired) electrons. The minimum Gasteiger partial charge on any atom is -0.192 e. The van der Waals surface area contributed by atoms with E-state index in [1.165, 1.54) is 9.79 Å². The standard InChI is InChI=1S/C14H10N2S2/c1-17-13-5-9-3-11(7-15)12(8-16)4-10(9)6-14(13)18-2/h3-6H,1-2H3. The average Bonchev–Trinajstić information content (AvgIpc) is 2.43. The van der Waals surface area contributed by atoms with E-state index >= 15 is 0 Å². The lowest BCUT2D eigenvalue weighted by molar-refractivity contribution is 1.28. The minimum atomic E-state index is 0.439. The largest absolute Gasteiger partial charge is 0.192 e. The van der Waals surface area contributed by atoms with E-state index in [0.717, 1.165) is 10.8 Å². The maximum atomic E-state index is 9.03. The molecule has 18 heavy (non-hydrogen) atoms. The van der Waals surface area contributed by atoms with Crippen molar-refractivity contribution in [2.24, 2.45) is 0 Å². The zero-order valence-electron chi connectivity index (χ0n) is 10.0. The number of fused-ring (bicyclic) bond motifs is 1.